The van der Waals surface area contributed by atoms with Crippen LogP contribution in [0.5, 0.6) is 0 Å². The molecule has 3 N–H and O–H groups in total. The maximum Gasteiger partial charge on any atom is 0.416 e. The van der Waals surface area contributed by atoms with Crippen molar-refractivity contribution >= 4 is 23.2 Å². The second-order valence-corrected chi connectivity index (χ2v) is 8.87. The van der Waals surface area contributed by atoms with Gasteiger partial charge in [-0.25, -0.2) is 9.78 Å². The maximum atomic E-state index is 12.8. The topological polar surface area (TPSA) is 89.7 Å². The minimum absolute atomic E-state index is 0. The van der Waals surface area contributed by atoms with Gasteiger partial charge in [-0.3, -0.25) is 0 Å². The zero-order valence-electron chi connectivity index (χ0n) is 20.4. The van der Waals surface area contributed by atoms with Crippen LogP contribution in [0.2, 0.25) is 0 Å². The van der Waals surface area contributed by atoms with E-state index >= 15 is 0 Å². The lowest BCUT2D eigenvalue weighted by atomic mass is 10.1. The number of pyridine rings is 1. The molecular formula is C27H31F3N4O3. The number of benzene rings is 2. The number of nitrogens with zero attached hydrogens (tertiary/aromatic N) is 2. The number of hydrogen-bond acceptors (Lipinski definition) is 7. The lowest BCUT2D eigenvalue weighted by Gasteiger charge is -2.32. The first-order valence-corrected chi connectivity index (χ1v) is 11.9. The first-order chi connectivity index (χ1) is 17.7. The molecule has 3 aromatic rings. The van der Waals surface area contributed by atoms with Gasteiger partial charge < -0.3 is 25.4 Å². The number of methoxy groups -OCH3 is 1. The van der Waals surface area contributed by atoms with Gasteiger partial charge in [0.1, 0.15) is 5.82 Å². The fourth-order valence-electron chi connectivity index (χ4n) is 4.18. The van der Waals surface area contributed by atoms with E-state index in [0.717, 1.165) is 55.0 Å². The summed E-state index contributed by atoms with van der Waals surface area (Å²) in [4.78, 5) is 18.5. The van der Waals surface area contributed by atoms with Gasteiger partial charge in [-0.05, 0) is 60.4 Å². The van der Waals surface area contributed by atoms with Crippen LogP contribution in [0.25, 0.3) is 0 Å². The van der Waals surface area contributed by atoms with E-state index in [4.69, 9.17) is 15.2 Å². The predicted molar refractivity (Wildman–Crippen MR) is 137 cm³/mol. The zero-order valence-corrected chi connectivity index (χ0v) is 20.4. The van der Waals surface area contributed by atoms with Crippen molar-refractivity contribution in [1.82, 2.24) is 4.98 Å². The molecule has 0 spiro atoms. The number of nitrogens with two attached hydrogens (primary N) is 1. The Labute approximate surface area is 214 Å². The van der Waals surface area contributed by atoms with Crippen LogP contribution < -0.4 is 16.0 Å². The molecule has 1 aliphatic rings. The number of nitrogen functional groups attached to an aromatic ring is 1. The number of rotatable bonds is 8. The highest BCUT2D eigenvalue weighted by molar-refractivity contribution is 5.89. The zero-order chi connectivity index (χ0) is 26.4. The summed E-state index contributed by atoms with van der Waals surface area (Å²) in [5.41, 5.74) is 7.80. The number of anilines is 3. The van der Waals surface area contributed by atoms with Crippen LogP contribution >= 0.6 is 0 Å². The molecule has 0 atom stereocenters. The molecule has 37 heavy (non-hydrogen) atoms. The molecule has 0 bridgehead atoms. The van der Waals surface area contributed by atoms with Crippen molar-refractivity contribution < 1.29 is 28.9 Å². The summed E-state index contributed by atoms with van der Waals surface area (Å²) < 4.78 is 49.3. The van der Waals surface area contributed by atoms with Crippen LogP contribution in [0, 0.1) is 0 Å². The molecule has 1 aromatic heterocycles. The van der Waals surface area contributed by atoms with Gasteiger partial charge in [0.05, 0.1) is 42.3 Å². The molecule has 7 nitrogen and oxygen atoms in total. The van der Waals surface area contributed by atoms with Crippen LogP contribution in [0.4, 0.5) is 30.4 Å². The quantitative estimate of drug-likeness (QED) is 0.301. The molecule has 1 saturated heterocycles. The van der Waals surface area contributed by atoms with E-state index < -0.39 is 11.7 Å². The number of piperidine rings is 1. The Kier molecular flexibility index (Phi) is 8.17. The molecule has 4 rings (SSSR count). The molecule has 0 amide bonds. The highest BCUT2D eigenvalue weighted by Crippen LogP contribution is 2.33. The van der Waals surface area contributed by atoms with Crippen LogP contribution in [-0.4, -0.2) is 37.3 Å². The van der Waals surface area contributed by atoms with Crippen molar-refractivity contribution in [3.63, 3.8) is 0 Å². The molecule has 198 valence electrons. The lowest BCUT2D eigenvalue weighted by Crippen LogP contribution is -2.37. The molecule has 0 aliphatic carbocycles. The first-order valence-electron chi connectivity index (χ1n) is 11.9. The van der Waals surface area contributed by atoms with Gasteiger partial charge in [0, 0.05) is 27.3 Å². The van der Waals surface area contributed by atoms with Gasteiger partial charge in [-0.15, -0.1) is 0 Å². The summed E-state index contributed by atoms with van der Waals surface area (Å²) in [7, 11) is 1.36. The van der Waals surface area contributed by atoms with Crippen LogP contribution in [0.3, 0.4) is 0 Å². The molecule has 1 aliphatic heterocycles. The van der Waals surface area contributed by atoms with Gasteiger partial charge >= 0.3 is 12.1 Å². The van der Waals surface area contributed by atoms with Gasteiger partial charge in [-0.1, -0.05) is 18.2 Å². The van der Waals surface area contributed by atoms with Crippen molar-refractivity contribution in [2.75, 3.05) is 36.1 Å². The number of ether oxygens (including phenoxy) is 2. The second kappa shape index (κ2) is 11.5. The Morgan fingerprint density at radius 2 is 1.92 bits per heavy atom. The minimum Gasteiger partial charge on any atom is -0.465 e. The summed E-state index contributed by atoms with van der Waals surface area (Å²) in [5.74, 6) is 0.496. The number of halogens is 3. The monoisotopic (exact) mass is 516 g/mol. The van der Waals surface area contributed by atoms with Gasteiger partial charge in [0.2, 0.25) is 0 Å². The Morgan fingerprint density at radius 3 is 2.57 bits per heavy atom. The Bertz CT molecular complexity index is 1220. The van der Waals surface area contributed by atoms with E-state index in [1.54, 1.807) is 18.3 Å². The van der Waals surface area contributed by atoms with E-state index in [9.17, 15) is 18.0 Å². The smallest absolute Gasteiger partial charge is 0.416 e. The highest BCUT2D eigenvalue weighted by Gasteiger charge is 2.30. The minimum atomic E-state index is -4.43. The van der Waals surface area contributed by atoms with Crippen molar-refractivity contribution in [2.24, 2.45) is 0 Å². The number of nitrogens with one attached hydrogen (secondary N) is 1. The number of alkyl halides is 3. The normalized spacial score (nSPS) is 14.4. The second-order valence-electron chi connectivity index (χ2n) is 8.87. The molecule has 0 saturated carbocycles. The summed E-state index contributed by atoms with van der Waals surface area (Å²) in [6, 6.07) is 14.4. The van der Waals surface area contributed by atoms with Crippen molar-refractivity contribution in [3.8, 4) is 0 Å². The van der Waals surface area contributed by atoms with Gasteiger partial charge in [-0.2, -0.15) is 13.2 Å². The Balaban J connectivity index is 0.00000400. The molecule has 2 aromatic carbocycles. The summed E-state index contributed by atoms with van der Waals surface area (Å²) >= 11 is 0. The number of esters is 1. The number of carbonyl (C=O) groups excluding carboxylic acids is 1. The van der Waals surface area contributed by atoms with Crippen LogP contribution in [0.1, 0.15) is 41.3 Å². The number of hydrogen-bond donors (Lipinski definition) is 2. The summed E-state index contributed by atoms with van der Waals surface area (Å²) in [5, 5.41) is 3.06. The molecular weight excluding hydrogens is 485 g/mol. The molecule has 0 radical (unpaired) electrons. The molecule has 0 unspecified atom stereocenters. The van der Waals surface area contributed by atoms with E-state index in [-0.39, 0.29) is 19.2 Å². The standard InChI is InChI=1S/C27H29F3N4O3.H2/c1-36-26(35)20-4-2-3-18(13-20)17-37-22-9-11-34(12-10-22)25-8-5-19(16-33-25)15-32-24-7-6-21(14-23(24)31)27(28,29)30;/h2-8,13-14,16,22,32H,9-12,15,17,31H2,1H3;1H. The molecule has 1 fully saturated rings. The fourth-order valence-corrected chi connectivity index (χ4v) is 4.18. The average molecular weight is 517 g/mol. The molecule has 10 heteroatoms. The third kappa shape index (κ3) is 6.91. The largest absolute Gasteiger partial charge is 0.465 e. The van der Waals surface area contributed by atoms with Crippen molar-refractivity contribution in [2.45, 2.75) is 38.3 Å². The van der Waals surface area contributed by atoms with Crippen LogP contribution in [0.15, 0.2) is 60.8 Å². The van der Waals surface area contributed by atoms with Crippen LogP contribution in [-0.2, 0) is 28.8 Å². The number of aromatic nitrogens is 1. The Hall–Kier alpha value is -3.79. The summed E-state index contributed by atoms with van der Waals surface area (Å²) in [6.45, 7) is 2.42. The summed E-state index contributed by atoms with van der Waals surface area (Å²) in [6.07, 6.45) is -0.843. The van der Waals surface area contributed by atoms with E-state index in [1.807, 2.05) is 24.3 Å². The maximum absolute atomic E-state index is 12.8. The third-order valence-corrected chi connectivity index (χ3v) is 6.27. The van der Waals surface area contributed by atoms with Crippen molar-refractivity contribution in [1.29, 1.82) is 0 Å². The van der Waals surface area contributed by atoms with Gasteiger partial charge in [0.25, 0.3) is 0 Å². The van der Waals surface area contributed by atoms with Gasteiger partial charge in [0.15, 0.2) is 0 Å². The van der Waals surface area contributed by atoms with E-state index in [1.165, 1.54) is 13.2 Å². The lowest BCUT2D eigenvalue weighted by molar-refractivity contribution is -0.137. The van der Waals surface area contributed by atoms with E-state index in [2.05, 4.69) is 15.2 Å². The number of carbonyl (C=O) groups is 1. The SMILES string of the molecule is COC(=O)c1cccc(COC2CCN(c3ccc(CNc4ccc(C(F)(F)F)cc4N)cn3)CC2)c1.[HH]. The average Bonchev–Trinajstić information content (AvgIpc) is 2.91. The highest BCUT2D eigenvalue weighted by atomic mass is 19.4. The predicted octanol–water partition coefficient (Wildman–Crippen LogP) is 5.51. The van der Waals surface area contributed by atoms with E-state index in [0.29, 0.717) is 24.4 Å². The first kappa shape index (κ1) is 26.3. The fraction of sp³-hybridized carbons (Fsp3) is 0.333. The van der Waals surface area contributed by atoms with Crippen molar-refractivity contribution in [3.05, 3.63) is 83.0 Å². The molecule has 2 heterocycles. The Morgan fingerprint density at radius 1 is 1.14 bits per heavy atom. The third-order valence-electron chi connectivity index (χ3n) is 6.27.